The number of ether oxygens (including phenoxy) is 1. The number of aromatic nitrogens is 1. The van der Waals surface area contributed by atoms with Crippen LogP contribution < -0.4 is 15.5 Å². The van der Waals surface area contributed by atoms with Gasteiger partial charge in [0.2, 0.25) is 0 Å². The van der Waals surface area contributed by atoms with Gasteiger partial charge in [0.1, 0.15) is 5.75 Å². The second kappa shape index (κ2) is 9.82. The Kier molecular flexibility index (Phi) is 7.12. The Balaban J connectivity index is 1.75. The first-order chi connectivity index (χ1) is 12.2. The van der Waals surface area contributed by atoms with Crippen molar-refractivity contribution in [1.82, 2.24) is 15.7 Å². The highest BCUT2D eigenvalue weighted by atomic mass is 16.5. The van der Waals surface area contributed by atoms with E-state index in [-0.39, 0.29) is 12.5 Å². The number of carbonyl (C=O) groups excluding carboxylic acids is 2. The number of amides is 2. The molecule has 2 rings (SSSR count). The molecule has 7 heteroatoms. The first-order valence-corrected chi connectivity index (χ1v) is 7.92. The Labute approximate surface area is 146 Å². The Bertz CT molecular complexity index is 715. The third-order valence-electron chi connectivity index (χ3n) is 3.09. The molecular weight excluding hydrogens is 320 g/mol. The van der Waals surface area contributed by atoms with Crippen LogP contribution in [0.1, 0.15) is 29.3 Å². The fourth-order valence-corrected chi connectivity index (χ4v) is 1.86. The average molecular weight is 340 g/mol. The molecule has 2 aromatic rings. The Morgan fingerprint density at radius 1 is 1.24 bits per heavy atom. The fourth-order valence-electron chi connectivity index (χ4n) is 1.86. The van der Waals surface area contributed by atoms with Gasteiger partial charge in [-0.25, -0.2) is 5.43 Å². The molecule has 2 N–H and O–H groups in total. The molecule has 0 atom stereocenters. The van der Waals surface area contributed by atoms with Crippen molar-refractivity contribution in [3.8, 4) is 5.75 Å². The molecule has 1 aromatic heterocycles. The van der Waals surface area contributed by atoms with E-state index in [1.54, 1.807) is 48.8 Å². The number of carbonyl (C=O) groups is 2. The van der Waals surface area contributed by atoms with E-state index >= 15 is 0 Å². The second-order valence-electron chi connectivity index (χ2n) is 5.14. The number of nitrogens with one attached hydrogen (secondary N) is 2. The summed E-state index contributed by atoms with van der Waals surface area (Å²) in [5, 5.41) is 6.33. The number of benzene rings is 1. The number of rotatable bonds is 8. The zero-order valence-electron chi connectivity index (χ0n) is 13.9. The molecule has 130 valence electrons. The minimum absolute atomic E-state index is 0.169. The minimum Gasteiger partial charge on any atom is -0.494 e. The number of hydrogen-bond acceptors (Lipinski definition) is 5. The standard InChI is InChI=1S/C18H20N4O3/c1-2-10-25-16-7-5-15(6-8-16)18(24)20-13-17(23)22-21-12-14-4-3-9-19-11-14/h3-9,11-12H,2,10,13H2,1H3,(H,20,24)(H,22,23)/b21-12+. The van der Waals surface area contributed by atoms with Gasteiger partial charge in [-0.05, 0) is 36.8 Å². The molecule has 0 unspecified atom stereocenters. The van der Waals surface area contributed by atoms with Gasteiger partial charge < -0.3 is 10.1 Å². The Morgan fingerprint density at radius 3 is 2.72 bits per heavy atom. The van der Waals surface area contributed by atoms with Crippen LogP contribution in [0.2, 0.25) is 0 Å². The molecule has 0 radical (unpaired) electrons. The molecule has 2 amide bonds. The van der Waals surface area contributed by atoms with Crippen molar-refractivity contribution in [1.29, 1.82) is 0 Å². The third-order valence-corrected chi connectivity index (χ3v) is 3.09. The molecule has 0 spiro atoms. The van der Waals surface area contributed by atoms with Crippen LogP contribution in [0, 0.1) is 0 Å². The van der Waals surface area contributed by atoms with Crippen LogP contribution in [0.4, 0.5) is 0 Å². The highest BCUT2D eigenvalue weighted by molar-refractivity contribution is 5.96. The summed E-state index contributed by atoms with van der Waals surface area (Å²) >= 11 is 0. The van der Waals surface area contributed by atoms with E-state index in [1.165, 1.54) is 6.21 Å². The molecule has 0 aliphatic heterocycles. The summed E-state index contributed by atoms with van der Waals surface area (Å²) in [5.41, 5.74) is 3.55. The van der Waals surface area contributed by atoms with Gasteiger partial charge in [0.25, 0.3) is 11.8 Å². The monoisotopic (exact) mass is 340 g/mol. The highest BCUT2D eigenvalue weighted by Gasteiger charge is 2.07. The topological polar surface area (TPSA) is 92.7 Å². The first kappa shape index (κ1) is 18.1. The van der Waals surface area contributed by atoms with Crippen LogP contribution in [0.25, 0.3) is 0 Å². The molecule has 0 saturated carbocycles. The molecular formula is C18H20N4O3. The van der Waals surface area contributed by atoms with E-state index in [9.17, 15) is 9.59 Å². The number of pyridine rings is 1. The fraction of sp³-hybridized carbons (Fsp3) is 0.222. The van der Waals surface area contributed by atoms with Crippen molar-refractivity contribution in [2.75, 3.05) is 13.2 Å². The molecule has 0 saturated heterocycles. The Hall–Kier alpha value is -3.22. The molecule has 0 aliphatic carbocycles. The SMILES string of the molecule is CCCOc1ccc(C(=O)NCC(=O)N/N=C/c2cccnc2)cc1. The predicted octanol–water partition coefficient (Wildman–Crippen LogP) is 1.75. The van der Waals surface area contributed by atoms with Crippen LogP contribution in [0.15, 0.2) is 53.9 Å². The lowest BCUT2D eigenvalue weighted by Gasteiger charge is -2.06. The van der Waals surface area contributed by atoms with Crippen LogP contribution >= 0.6 is 0 Å². The Morgan fingerprint density at radius 2 is 2.04 bits per heavy atom. The van der Waals surface area contributed by atoms with E-state index in [2.05, 4.69) is 20.8 Å². The zero-order chi connectivity index (χ0) is 17.9. The molecule has 0 bridgehead atoms. The van der Waals surface area contributed by atoms with E-state index in [4.69, 9.17) is 4.74 Å². The lowest BCUT2D eigenvalue weighted by atomic mass is 10.2. The van der Waals surface area contributed by atoms with Gasteiger partial charge in [-0.1, -0.05) is 13.0 Å². The minimum atomic E-state index is -0.420. The van der Waals surface area contributed by atoms with Crippen LogP contribution in [0.3, 0.4) is 0 Å². The van der Waals surface area contributed by atoms with Crippen LogP contribution in [-0.4, -0.2) is 36.2 Å². The average Bonchev–Trinajstić information content (AvgIpc) is 2.65. The number of hydrazone groups is 1. The maximum absolute atomic E-state index is 12.0. The van der Waals surface area contributed by atoms with Crippen molar-refractivity contribution in [3.63, 3.8) is 0 Å². The lowest BCUT2D eigenvalue weighted by Crippen LogP contribution is -2.34. The van der Waals surface area contributed by atoms with Crippen molar-refractivity contribution in [2.24, 2.45) is 5.10 Å². The van der Waals surface area contributed by atoms with Crippen LogP contribution in [-0.2, 0) is 4.79 Å². The zero-order valence-corrected chi connectivity index (χ0v) is 13.9. The van der Waals surface area contributed by atoms with Gasteiger partial charge in [0.15, 0.2) is 0 Å². The van der Waals surface area contributed by atoms with Crippen molar-refractivity contribution < 1.29 is 14.3 Å². The summed E-state index contributed by atoms with van der Waals surface area (Å²) in [6, 6.07) is 10.3. The van der Waals surface area contributed by atoms with Gasteiger partial charge in [-0.2, -0.15) is 5.10 Å². The second-order valence-corrected chi connectivity index (χ2v) is 5.14. The van der Waals surface area contributed by atoms with Gasteiger partial charge in [-0.15, -0.1) is 0 Å². The molecule has 0 fully saturated rings. The van der Waals surface area contributed by atoms with E-state index in [0.717, 1.165) is 12.0 Å². The molecule has 7 nitrogen and oxygen atoms in total. The van der Waals surface area contributed by atoms with Crippen molar-refractivity contribution >= 4 is 18.0 Å². The smallest absolute Gasteiger partial charge is 0.259 e. The van der Waals surface area contributed by atoms with Gasteiger partial charge in [-0.3, -0.25) is 14.6 Å². The number of nitrogens with zero attached hydrogens (tertiary/aromatic N) is 2. The molecule has 25 heavy (non-hydrogen) atoms. The van der Waals surface area contributed by atoms with Crippen molar-refractivity contribution in [3.05, 3.63) is 59.9 Å². The summed E-state index contributed by atoms with van der Waals surface area (Å²) in [6.07, 6.45) is 5.65. The van der Waals surface area contributed by atoms with Crippen molar-refractivity contribution in [2.45, 2.75) is 13.3 Å². The number of hydrogen-bond donors (Lipinski definition) is 2. The van der Waals surface area contributed by atoms with Gasteiger partial charge in [0.05, 0.1) is 19.4 Å². The normalized spacial score (nSPS) is 10.4. The van der Waals surface area contributed by atoms with Gasteiger partial charge in [0, 0.05) is 23.5 Å². The molecule has 1 aromatic carbocycles. The summed E-state index contributed by atoms with van der Waals surface area (Å²) < 4.78 is 5.45. The quantitative estimate of drug-likeness (QED) is 0.565. The summed E-state index contributed by atoms with van der Waals surface area (Å²) in [6.45, 7) is 2.48. The lowest BCUT2D eigenvalue weighted by molar-refractivity contribution is -0.120. The predicted molar refractivity (Wildman–Crippen MR) is 94.5 cm³/mol. The highest BCUT2D eigenvalue weighted by Crippen LogP contribution is 2.12. The summed E-state index contributed by atoms with van der Waals surface area (Å²) in [5.74, 6) is -0.0503. The maximum Gasteiger partial charge on any atom is 0.259 e. The molecule has 1 heterocycles. The summed E-state index contributed by atoms with van der Waals surface area (Å²) in [4.78, 5) is 27.6. The summed E-state index contributed by atoms with van der Waals surface area (Å²) in [7, 11) is 0. The van der Waals surface area contributed by atoms with Gasteiger partial charge >= 0.3 is 0 Å². The third kappa shape index (κ3) is 6.42. The largest absolute Gasteiger partial charge is 0.494 e. The van der Waals surface area contributed by atoms with E-state index < -0.39 is 5.91 Å². The molecule has 0 aliphatic rings. The van der Waals surface area contributed by atoms with E-state index in [1.807, 2.05) is 6.92 Å². The first-order valence-electron chi connectivity index (χ1n) is 7.92. The maximum atomic E-state index is 12.0. The van der Waals surface area contributed by atoms with Crippen LogP contribution in [0.5, 0.6) is 5.75 Å². The van der Waals surface area contributed by atoms with E-state index in [0.29, 0.717) is 17.9 Å².